The van der Waals surface area contributed by atoms with Gasteiger partial charge in [0.15, 0.2) is 0 Å². The van der Waals surface area contributed by atoms with Crippen molar-refractivity contribution in [3.8, 4) is 0 Å². The highest BCUT2D eigenvalue weighted by atomic mass is 32.1. The van der Waals surface area contributed by atoms with Gasteiger partial charge in [-0.1, -0.05) is 0 Å². The smallest absolute Gasteiger partial charge is 0.0644 e. The van der Waals surface area contributed by atoms with Gasteiger partial charge in [0.25, 0.3) is 0 Å². The first-order valence-electron chi connectivity index (χ1n) is 5.34. The average Bonchev–Trinajstić information content (AvgIpc) is 2.76. The fraction of sp³-hybridized carbons (Fsp3) is 0.417. The number of hydrogen-bond acceptors (Lipinski definition) is 3. The van der Waals surface area contributed by atoms with E-state index in [0.717, 1.165) is 5.69 Å². The van der Waals surface area contributed by atoms with Crippen LogP contribution in [0.4, 0.5) is 0 Å². The molecule has 2 aromatic rings. The molecule has 0 bridgehead atoms. The van der Waals surface area contributed by atoms with E-state index in [1.165, 1.54) is 16.0 Å². The molecule has 1 unspecified atom stereocenters. The van der Waals surface area contributed by atoms with Crippen molar-refractivity contribution in [2.24, 2.45) is 7.05 Å². The number of hydrogen-bond donors (Lipinski definition) is 1. The van der Waals surface area contributed by atoms with Crippen LogP contribution in [0.2, 0.25) is 0 Å². The SMILES string of the molecule is CNC(c1csc(C)c1)c1cn(C)nc1C. The molecule has 1 N–H and O–H groups in total. The van der Waals surface area contributed by atoms with Crippen molar-refractivity contribution in [2.45, 2.75) is 19.9 Å². The lowest BCUT2D eigenvalue weighted by molar-refractivity contribution is 0.689. The highest BCUT2D eigenvalue weighted by molar-refractivity contribution is 7.10. The first-order valence-corrected chi connectivity index (χ1v) is 6.22. The summed E-state index contributed by atoms with van der Waals surface area (Å²) < 4.78 is 1.87. The molecule has 0 aromatic carbocycles. The summed E-state index contributed by atoms with van der Waals surface area (Å²) in [6.45, 7) is 4.19. The zero-order valence-electron chi connectivity index (χ0n) is 10.1. The summed E-state index contributed by atoms with van der Waals surface area (Å²) in [4.78, 5) is 1.34. The number of aryl methyl sites for hydroxylation is 3. The Morgan fingerprint density at radius 1 is 1.44 bits per heavy atom. The summed E-state index contributed by atoms with van der Waals surface area (Å²) in [5, 5.41) is 9.96. The Bertz CT molecular complexity index is 484. The van der Waals surface area contributed by atoms with Crippen LogP contribution in [0.5, 0.6) is 0 Å². The molecular formula is C12H17N3S. The Morgan fingerprint density at radius 2 is 2.19 bits per heavy atom. The Balaban J connectivity index is 2.40. The van der Waals surface area contributed by atoms with Crippen LogP contribution in [0.1, 0.15) is 27.7 Å². The van der Waals surface area contributed by atoms with Crippen LogP contribution >= 0.6 is 11.3 Å². The largest absolute Gasteiger partial charge is 0.309 e. The number of thiophene rings is 1. The van der Waals surface area contributed by atoms with Gasteiger partial charge in [0, 0.05) is 23.7 Å². The molecule has 0 aliphatic heterocycles. The second kappa shape index (κ2) is 4.39. The maximum Gasteiger partial charge on any atom is 0.0644 e. The number of aromatic nitrogens is 2. The van der Waals surface area contributed by atoms with Gasteiger partial charge in [-0.05, 0) is 37.9 Å². The van der Waals surface area contributed by atoms with Gasteiger partial charge < -0.3 is 5.32 Å². The van der Waals surface area contributed by atoms with E-state index in [1.54, 1.807) is 11.3 Å². The van der Waals surface area contributed by atoms with Crippen LogP contribution in [0.3, 0.4) is 0 Å². The van der Waals surface area contributed by atoms with Gasteiger partial charge in [-0.2, -0.15) is 5.10 Å². The summed E-state index contributed by atoms with van der Waals surface area (Å²) >= 11 is 1.79. The van der Waals surface area contributed by atoms with Crippen molar-refractivity contribution in [1.82, 2.24) is 15.1 Å². The second-order valence-electron chi connectivity index (χ2n) is 4.06. The van der Waals surface area contributed by atoms with E-state index in [0.29, 0.717) is 0 Å². The highest BCUT2D eigenvalue weighted by Crippen LogP contribution is 2.27. The van der Waals surface area contributed by atoms with Gasteiger partial charge in [-0.25, -0.2) is 0 Å². The Kier molecular flexibility index (Phi) is 3.12. The second-order valence-corrected chi connectivity index (χ2v) is 5.17. The lowest BCUT2D eigenvalue weighted by Crippen LogP contribution is -2.17. The molecule has 0 saturated carbocycles. The third-order valence-corrected chi connectivity index (χ3v) is 3.61. The molecule has 86 valence electrons. The Morgan fingerprint density at radius 3 is 2.62 bits per heavy atom. The minimum absolute atomic E-state index is 0.249. The fourth-order valence-corrected chi connectivity index (χ4v) is 2.75. The van der Waals surface area contributed by atoms with E-state index in [2.05, 4.69) is 41.9 Å². The Hall–Kier alpha value is -1.13. The molecule has 0 radical (unpaired) electrons. The molecule has 3 nitrogen and oxygen atoms in total. The minimum Gasteiger partial charge on any atom is -0.309 e. The normalized spacial score (nSPS) is 13.0. The van der Waals surface area contributed by atoms with Crippen LogP contribution < -0.4 is 5.32 Å². The molecule has 0 fully saturated rings. The summed E-state index contributed by atoms with van der Waals surface area (Å²) in [5.74, 6) is 0. The zero-order chi connectivity index (χ0) is 11.7. The van der Waals surface area contributed by atoms with Crippen molar-refractivity contribution in [1.29, 1.82) is 0 Å². The molecule has 0 saturated heterocycles. The van der Waals surface area contributed by atoms with Crippen LogP contribution in [0.15, 0.2) is 17.6 Å². The zero-order valence-corrected chi connectivity index (χ0v) is 10.9. The van der Waals surface area contributed by atoms with E-state index >= 15 is 0 Å². The van der Waals surface area contributed by atoms with Crippen molar-refractivity contribution < 1.29 is 0 Å². The lowest BCUT2D eigenvalue weighted by atomic mass is 10.0. The molecule has 4 heteroatoms. The predicted molar refractivity (Wildman–Crippen MR) is 67.9 cm³/mol. The molecule has 1 atom stereocenters. The number of nitrogens with one attached hydrogen (secondary N) is 1. The van der Waals surface area contributed by atoms with Crippen molar-refractivity contribution >= 4 is 11.3 Å². The molecular weight excluding hydrogens is 218 g/mol. The maximum atomic E-state index is 4.39. The molecule has 2 heterocycles. The van der Waals surface area contributed by atoms with Gasteiger partial charge >= 0.3 is 0 Å². The van der Waals surface area contributed by atoms with Crippen LogP contribution in [-0.4, -0.2) is 16.8 Å². The monoisotopic (exact) mass is 235 g/mol. The third-order valence-electron chi connectivity index (χ3n) is 2.74. The topological polar surface area (TPSA) is 29.9 Å². The predicted octanol–water partition coefficient (Wildman–Crippen LogP) is 2.41. The van der Waals surface area contributed by atoms with E-state index in [-0.39, 0.29) is 6.04 Å². The van der Waals surface area contributed by atoms with Crippen LogP contribution in [-0.2, 0) is 7.05 Å². The summed E-state index contributed by atoms with van der Waals surface area (Å²) in [6.07, 6.45) is 2.09. The van der Waals surface area contributed by atoms with Crippen molar-refractivity contribution in [2.75, 3.05) is 7.05 Å². The minimum atomic E-state index is 0.249. The summed E-state index contributed by atoms with van der Waals surface area (Å²) in [6, 6.07) is 2.48. The van der Waals surface area contributed by atoms with Crippen LogP contribution in [0, 0.1) is 13.8 Å². The van der Waals surface area contributed by atoms with E-state index in [4.69, 9.17) is 0 Å². The molecule has 0 aliphatic carbocycles. The van der Waals surface area contributed by atoms with Crippen molar-refractivity contribution in [3.63, 3.8) is 0 Å². The standard InChI is InChI=1S/C12H17N3S/c1-8-5-10(7-16-8)12(13-3)11-6-15(4)14-9(11)2/h5-7,12-13H,1-4H3. The van der Waals surface area contributed by atoms with Crippen molar-refractivity contribution in [3.05, 3.63) is 39.3 Å². The summed E-state index contributed by atoms with van der Waals surface area (Å²) in [7, 11) is 3.95. The molecule has 0 aliphatic rings. The molecule has 2 rings (SSSR count). The first kappa shape index (κ1) is 11.4. The average molecular weight is 235 g/mol. The third kappa shape index (κ3) is 2.03. The summed E-state index contributed by atoms with van der Waals surface area (Å²) in [5.41, 5.74) is 3.66. The first-order chi connectivity index (χ1) is 7.61. The van der Waals surface area contributed by atoms with Gasteiger partial charge in [0.1, 0.15) is 0 Å². The van der Waals surface area contributed by atoms with Gasteiger partial charge in [-0.15, -0.1) is 11.3 Å². The van der Waals surface area contributed by atoms with E-state index < -0.39 is 0 Å². The van der Waals surface area contributed by atoms with Gasteiger partial charge in [0.05, 0.1) is 11.7 Å². The fourth-order valence-electron chi connectivity index (χ4n) is 2.02. The van der Waals surface area contributed by atoms with Gasteiger partial charge in [0.2, 0.25) is 0 Å². The Labute approximate surface area is 100 Å². The molecule has 0 amide bonds. The number of rotatable bonds is 3. The van der Waals surface area contributed by atoms with E-state index in [9.17, 15) is 0 Å². The van der Waals surface area contributed by atoms with E-state index in [1.807, 2.05) is 18.8 Å². The van der Waals surface area contributed by atoms with Gasteiger partial charge in [-0.3, -0.25) is 4.68 Å². The molecule has 0 spiro atoms. The lowest BCUT2D eigenvalue weighted by Gasteiger charge is -2.13. The number of nitrogens with zero attached hydrogens (tertiary/aromatic N) is 2. The molecule has 16 heavy (non-hydrogen) atoms. The maximum absolute atomic E-state index is 4.39. The quantitative estimate of drug-likeness (QED) is 0.885. The highest BCUT2D eigenvalue weighted by Gasteiger charge is 2.17. The molecule has 2 aromatic heterocycles. The van der Waals surface area contributed by atoms with Crippen LogP contribution in [0.25, 0.3) is 0 Å².